The molecule has 0 radical (unpaired) electrons. The molecule has 0 aliphatic heterocycles. The maximum absolute atomic E-state index is 4.30. The van der Waals surface area contributed by atoms with Crippen molar-refractivity contribution in [3.8, 4) is 11.1 Å². The molecule has 0 atom stereocenters. The van der Waals surface area contributed by atoms with Gasteiger partial charge in [0, 0.05) is 18.0 Å². The predicted octanol–water partition coefficient (Wildman–Crippen LogP) is 5.93. The summed E-state index contributed by atoms with van der Waals surface area (Å²) >= 11 is 0. The zero-order chi connectivity index (χ0) is 16.1. The topological polar surface area (TPSA) is 12.9 Å². The quantitative estimate of drug-likeness (QED) is 0.643. The highest BCUT2D eigenvalue weighted by atomic mass is 14.6. The van der Waals surface area contributed by atoms with Gasteiger partial charge in [-0.25, -0.2) is 0 Å². The Kier molecular flexibility index (Phi) is 5.54. The third kappa shape index (κ3) is 3.85. The molecule has 1 heterocycles. The van der Waals surface area contributed by atoms with Crippen molar-refractivity contribution >= 4 is 5.57 Å². The molecule has 1 aromatic heterocycles. The Bertz CT molecular complexity index is 653. The van der Waals surface area contributed by atoms with E-state index in [0.717, 1.165) is 24.3 Å². The molecule has 0 aliphatic rings. The van der Waals surface area contributed by atoms with Crippen LogP contribution in [0.5, 0.6) is 0 Å². The van der Waals surface area contributed by atoms with Crippen LogP contribution in [0.15, 0.2) is 43.2 Å². The molecule has 0 bridgehead atoms. The zero-order valence-corrected chi connectivity index (χ0v) is 14.3. The molecule has 0 N–H and O–H groups in total. The van der Waals surface area contributed by atoms with Gasteiger partial charge in [-0.3, -0.25) is 4.98 Å². The van der Waals surface area contributed by atoms with Crippen LogP contribution in [0.1, 0.15) is 50.8 Å². The number of rotatable bonds is 6. The van der Waals surface area contributed by atoms with Gasteiger partial charge in [-0.1, -0.05) is 45.1 Å². The number of benzene rings is 1. The minimum absolute atomic E-state index is 0.725. The number of nitrogens with zero attached hydrogens (tertiary/aromatic N) is 1. The van der Waals surface area contributed by atoms with Crippen molar-refractivity contribution in [2.45, 2.75) is 47.0 Å². The molecule has 0 saturated carbocycles. The summed E-state index contributed by atoms with van der Waals surface area (Å²) in [7, 11) is 0. The molecule has 0 spiro atoms. The van der Waals surface area contributed by atoms with Gasteiger partial charge < -0.3 is 0 Å². The standard InChI is InChI=1S/C21H27N/c1-6-17-11-12-22-14-21(17)19-10-9-18(8-7-15(2)3)20(13-19)16(4)5/h9-15H,4,6-8H2,1-3,5H3. The van der Waals surface area contributed by atoms with Crippen LogP contribution in [0.3, 0.4) is 0 Å². The van der Waals surface area contributed by atoms with Crippen molar-refractivity contribution < 1.29 is 0 Å². The van der Waals surface area contributed by atoms with Crippen LogP contribution in [0, 0.1) is 5.92 Å². The summed E-state index contributed by atoms with van der Waals surface area (Å²) in [6, 6.07) is 8.91. The second-order valence-electron chi connectivity index (χ2n) is 6.47. The molecule has 0 saturated heterocycles. The molecule has 0 aliphatic carbocycles. The van der Waals surface area contributed by atoms with E-state index < -0.39 is 0 Å². The SMILES string of the molecule is C=C(C)c1cc(-c2cnccc2CC)ccc1CCC(C)C. The zero-order valence-electron chi connectivity index (χ0n) is 14.3. The first-order valence-corrected chi connectivity index (χ1v) is 8.25. The molecule has 116 valence electrons. The van der Waals surface area contributed by atoms with Crippen molar-refractivity contribution in [1.82, 2.24) is 4.98 Å². The summed E-state index contributed by atoms with van der Waals surface area (Å²) in [6.07, 6.45) is 7.21. The minimum atomic E-state index is 0.725. The third-order valence-corrected chi connectivity index (χ3v) is 4.16. The molecule has 22 heavy (non-hydrogen) atoms. The Morgan fingerprint density at radius 3 is 2.59 bits per heavy atom. The lowest BCUT2D eigenvalue weighted by Crippen LogP contribution is -1.98. The Morgan fingerprint density at radius 1 is 1.18 bits per heavy atom. The van der Waals surface area contributed by atoms with Crippen LogP contribution in [0.4, 0.5) is 0 Å². The van der Waals surface area contributed by atoms with E-state index in [1.165, 1.54) is 34.2 Å². The molecule has 2 rings (SSSR count). The fourth-order valence-electron chi connectivity index (χ4n) is 2.79. The average Bonchev–Trinajstić information content (AvgIpc) is 2.52. The van der Waals surface area contributed by atoms with Crippen molar-refractivity contribution in [1.29, 1.82) is 0 Å². The van der Waals surface area contributed by atoms with Crippen molar-refractivity contribution in [3.05, 3.63) is 59.9 Å². The first-order valence-electron chi connectivity index (χ1n) is 8.25. The average molecular weight is 293 g/mol. The first-order chi connectivity index (χ1) is 10.5. The molecule has 1 aromatic carbocycles. The van der Waals surface area contributed by atoms with Crippen molar-refractivity contribution in [2.24, 2.45) is 5.92 Å². The number of aryl methyl sites for hydroxylation is 2. The van der Waals surface area contributed by atoms with Gasteiger partial charge in [0.2, 0.25) is 0 Å². The molecule has 0 amide bonds. The monoisotopic (exact) mass is 293 g/mol. The van der Waals surface area contributed by atoms with Gasteiger partial charge in [0.05, 0.1) is 0 Å². The van der Waals surface area contributed by atoms with Crippen LogP contribution in [0.2, 0.25) is 0 Å². The molecule has 2 aromatic rings. The van der Waals surface area contributed by atoms with Crippen LogP contribution in [-0.4, -0.2) is 4.98 Å². The minimum Gasteiger partial charge on any atom is -0.264 e. The van der Waals surface area contributed by atoms with Gasteiger partial charge in [-0.15, -0.1) is 0 Å². The summed E-state index contributed by atoms with van der Waals surface area (Å²) in [6.45, 7) is 13.0. The number of hydrogen-bond acceptors (Lipinski definition) is 1. The van der Waals surface area contributed by atoms with E-state index in [1.807, 2.05) is 12.4 Å². The fraction of sp³-hybridized carbons (Fsp3) is 0.381. The predicted molar refractivity (Wildman–Crippen MR) is 96.9 cm³/mol. The summed E-state index contributed by atoms with van der Waals surface area (Å²) in [5.41, 5.74) is 7.68. The second-order valence-corrected chi connectivity index (χ2v) is 6.47. The van der Waals surface area contributed by atoms with E-state index in [2.05, 4.69) is 63.5 Å². The van der Waals surface area contributed by atoms with Crippen LogP contribution >= 0.6 is 0 Å². The van der Waals surface area contributed by atoms with E-state index in [1.54, 1.807) is 0 Å². The lowest BCUT2D eigenvalue weighted by atomic mass is 9.91. The smallest absolute Gasteiger partial charge is 0.0349 e. The molecule has 0 fully saturated rings. The number of hydrogen-bond donors (Lipinski definition) is 0. The third-order valence-electron chi connectivity index (χ3n) is 4.16. The second kappa shape index (κ2) is 7.40. The maximum Gasteiger partial charge on any atom is 0.0349 e. The lowest BCUT2D eigenvalue weighted by Gasteiger charge is -2.14. The Morgan fingerprint density at radius 2 is 1.95 bits per heavy atom. The Balaban J connectivity index is 2.43. The molecule has 0 unspecified atom stereocenters. The van der Waals surface area contributed by atoms with Gasteiger partial charge in [0.15, 0.2) is 0 Å². The molecule has 1 nitrogen and oxygen atoms in total. The van der Waals surface area contributed by atoms with Crippen LogP contribution in [-0.2, 0) is 12.8 Å². The van der Waals surface area contributed by atoms with Gasteiger partial charge in [0.1, 0.15) is 0 Å². The summed E-state index contributed by atoms with van der Waals surface area (Å²) < 4.78 is 0. The largest absolute Gasteiger partial charge is 0.264 e. The van der Waals surface area contributed by atoms with Crippen LogP contribution in [0.25, 0.3) is 16.7 Å². The van der Waals surface area contributed by atoms with Crippen LogP contribution < -0.4 is 0 Å². The number of aromatic nitrogens is 1. The van der Waals surface area contributed by atoms with E-state index >= 15 is 0 Å². The molecule has 1 heteroatoms. The lowest BCUT2D eigenvalue weighted by molar-refractivity contribution is 0.586. The van der Waals surface area contributed by atoms with E-state index in [4.69, 9.17) is 0 Å². The highest BCUT2D eigenvalue weighted by molar-refractivity contribution is 5.74. The molecular formula is C21H27N. The molecular weight excluding hydrogens is 266 g/mol. The Labute approximate surface area is 135 Å². The van der Waals surface area contributed by atoms with Crippen molar-refractivity contribution in [2.75, 3.05) is 0 Å². The van der Waals surface area contributed by atoms with Gasteiger partial charge in [-0.05, 0) is 66.5 Å². The first kappa shape index (κ1) is 16.5. The Hall–Kier alpha value is -1.89. The van der Waals surface area contributed by atoms with Gasteiger partial charge in [0.25, 0.3) is 0 Å². The summed E-state index contributed by atoms with van der Waals surface area (Å²) in [4.78, 5) is 4.30. The van der Waals surface area contributed by atoms with E-state index in [9.17, 15) is 0 Å². The number of allylic oxidation sites excluding steroid dienone is 1. The van der Waals surface area contributed by atoms with E-state index in [0.29, 0.717) is 0 Å². The summed E-state index contributed by atoms with van der Waals surface area (Å²) in [5, 5.41) is 0. The summed E-state index contributed by atoms with van der Waals surface area (Å²) in [5.74, 6) is 0.725. The highest BCUT2D eigenvalue weighted by Crippen LogP contribution is 2.29. The normalized spacial score (nSPS) is 11.0. The number of pyridine rings is 1. The van der Waals surface area contributed by atoms with E-state index in [-0.39, 0.29) is 0 Å². The highest BCUT2D eigenvalue weighted by Gasteiger charge is 2.09. The van der Waals surface area contributed by atoms with Crippen molar-refractivity contribution in [3.63, 3.8) is 0 Å². The van der Waals surface area contributed by atoms with Gasteiger partial charge >= 0.3 is 0 Å². The fourth-order valence-corrected chi connectivity index (χ4v) is 2.79. The maximum atomic E-state index is 4.30. The van der Waals surface area contributed by atoms with Gasteiger partial charge in [-0.2, -0.15) is 0 Å².